The molecule has 1 amide bonds. The molecule has 0 heterocycles. The summed E-state index contributed by atoms with van der Waals surface area (Å²) < 4.78 is 0. The van der Waals surface area contributed by atoms with Crippen LogP contribution in [0.1, 0.15) is 32.6 Å². The molecule has 0 aliphatic heterocycles. The average Bonchev–Trinajstić information content (AvgIpc) is 3.23. The van der Waals surface area contributed by atoms with Crippen molar-refractivity contribution in [3.8, 4) is 0 Å². The molecule has 0 spiro atoms. The van der Waals surface area contributed by atoms with Crippen LogP contribution in [0.15, 0.2) is 30.3 Å². The molecule has 110 valence electrons. The Morgan fingerprint density at radius 3 is 2.65 bits per heavy atom. The Kier molecular flexibility index (Phi) is 5.56. The molecule has 2 unspecified atom stereocenters. The van der Waals surface area contributed by atoms with E-state index in [1.807, 2.05) is 37.3 Å². The highest BCUT2D eigenvalue weighted by atomic mass is 16.3. The molecule has 3 N–H and O–H groups in total. The third-order valence-corrected chi connectivity index (χ3v) is 3.68. The van der Waals surface area contributed by atoms with Gasteiger partial charge in [-0.25, -0.2) is 0 Å². The van der Waals surface area contributed by atoms with E-state index in [-0.39, 0.29) is 18.6 Å². The molecular formula is C16H24N2O2. The van der Waals surface area contributed by atoms with Crippen molar-refractivity contribution in [3.05, 3.63) is 30.3 Å². The third-order valence-electron chi connectivity index (χ3n) is 3.68. The number of anilines is 1. The predicted molar refractivity (Wildman–Crippen MR) is 80.5 cm³/mol. The Hall–Kier alpha value is -1.39. The molecule has 1 aliphatic rings. The van der Waals surface area contributed by atoms with Crippen molar-refractivity contribution in [1.82, 2.24) is 5.32 Å². The van der Waals surface area contributed by atoms with E-state index in [0.717, 1.165) is 12.1 Å². The minimum absolute atomic E-state index is 0.0229. The van der Waals surface area contributed by atoms with Gasteiger partial charge in [-0.05, 0) is 44.2 Å². The third kappa shape index (κ3) is 4.94. The minimum Gasteiger partial charge on any atom is -0.396 e. The van der Waals surface area contributed by atoms with Crippen LogP contribution in [0.4, 0.5) is 5.69 Å². The first-order valence-electron chi connectivity index (χ1n) is 7.41. The maximum atomic E-state index is 11.9. The largest absolute Gasteiger partial charge is 0.396 e. The van der Waals surface area contributed by atoms with Gasteiger partial charge >= 0.3 is 0 Å². The lowest BCUT2D eigenvalue weighted by atomic mass is 10.1. The molecule has 2 atom stereocenters. The Morgan fingerprint density at radius 2 is 2.05 bits per heavy atom. The number of hydrogen-bond donors (Lipinski definition) is 3. The molecule has 1 aromatic rings. The smallest absolute Gasteiger partial charge is 0.225 e. The molecule has 0 radical (unpaired) electrons. The van der Waals surface area contributed by atoms with Crippen molar-refractivity contribution in [2.75, 3.05) is 11.9 Å². The Labute approximate surface area is 120 Å². The van der Waals surface area contributed by atoms with E-state index in [2.05, 4.69) is 10.6 Å². The van der Waals surface area contributed by atoms with Crippen molar-refractivity contribution in [3.63, 3.8) is 0 Å². The van der Waals surface area contributed by atoms with Crippen molar-refractivity contribution in [1.29, 1.82) is 0 Å². The molecule has 1 fully saturated rings. The number of para-hydroxylation sites is 1. The second-order valence-electron chi connectivity index (χ2n) is 5.64. The van der Waals surface area contributed by atoms with E-state index in [4.69, 9.17) is 5.11 Å². The Balaban J connectivity index is 1.75. The number of aliphatic hydroxyl groups excluding tert-OH is 1. The van der Waals surface area contributed by atoms with Crippen LogP contribution < -0.4 is 10.6 Å². The lowest BCUT2D eigenvalue weighted by molar-refractivity contribution is -0.116. The van der Waals surface area contributed by atoms with E-state index in [1.165, 1.54) is 12.8 Å². The molecule has 1 aliphatic carbocycles. The van der Waals surface area contributed by atoms with E-state index in [9.17, 15) is 4.79 Å². The minimum atomic E-state index is 0.0229. The number of carbonyl (C=O) groups excluding carboxylic acids is 1. The fourth-order valence-electron chi connectivity index (χ4n) is 2.53. The van der Waals surface area contributed by atoms with Gasteiger partial charge in [-0.1, -0.05) is 18.2 Å². The predicted octanol–water partition coefficient (Wildman–Crippen LogP) is 2.15. The average molecular weight is 276 g/mol. The lowest BCUT2D eigenvalue weighted by Gasteiger charge is -2.22. The molecule has 0 aromatic heterocycles. The quantitative estimate of drug-likeness (QED) is 0.682. The highest BCUT2D eigenvalue weighted by molar-refractivity contribution is 5.90. The summed E-state index contributed by atoms with van der Waals surface area (Å²) in [6.07, 6.45) is 3.69. The van der Waals surface area contributed by atoms with Gasteiger partial charge < -0.3 is 15.7 Å². The van der Waals surface area contributed by atoms with Gasteiger partial charge in [0.1, 0.15) is 0 Å². The van der Waals surface area contributed by atoms with Crippen molar-refractivity contribution in [2.24, 2.45) is 5.92 Å². The number of hydrogen-bond acceptors (Lipinski definition) is 3. The molecule has 2 rings (SSSR count). The zero-order chi connectivity index (χ0) is 14.4. The van der Waals surface area contributed by atoms with E-state index >= 15 is 0 Å². The van der Waals surface area contributed by atoms with Gasteiger partial charge in [0, 0.05) is 30.8 Å². The fraction of sp³-hybridized carbons (Fsp3) is 0.562. The summed E-state index contributed by atoms with van der Waals surface area (Å²) in [7, 11) is 0. The molecule has 20 heavy (non-hydrogen) atoms. The van der Waals surface area contributed by atoms with E-state index in [0.29, 0.717) is 18.4 Å². The van der Waals surface area contributed by atoms with Gasteiger partial charge in [-0.2, -0.15) is 0 Å². The number of rotatable bonds is 8. The molecule has 4 nitrogen and oxygen atoms in total. The Morgan fingerprint density at radius 1 is 1.35 bits per heavy atom. The summed E-state index contributed by atoms with van der Waals surface area (Å²) in [6, 6.07) is 9.97. The topological polar surface area (TPSA) is 61.4 Å². The first-order valence-corrected chi connectivity index (χ1v) is 7.41. The second-order valence-corrected chi connectivity index (χ2v) is 5.64. The highest BCUT2D eigenvalue weighted by Crippen LogP contribution is 2.34. The first kappa shape index (κ1) is 15.0. The molecule has 0 bridgehead atoms. The summed E-state index contributed by atoms with van der Waals surface area (Å²) in [5.41, 5.74) is 0.832. The summed E-state index contributed by atoms with van der Waals surface area (Å²) in [4.78, 5) is 11.9. The summed E-state index contributed by atoms with van der Waals surface area (Å²) in [5, 5.41) is 15.5. The van der Waals surface area contributed by atoms with Gasteiger partial charge in [0.15, 0.2) is 0 Å². The van der Waals surface area contributed by atoms with Gasteiger partial charge in [-0.15, -0.1) is 0 Å². The number of benzene rings is 1. The SMILES string of the molecule is CC(CC(=O)Nc1ccccc1)NC(CCO)C1CC1. The molecular weight excluding hydrogens is 252 g/mol. The van der Waals surface area contributed by atoms with Crippen molar-refractivity contribution in [2.45, 2.75) is 44.7 Å². The van der Waals surface area contributed by atoms with Gasteiger partial charge in [-0.3, -0.25) is 4.79 Å². The Bertz CT molecular complexity index is 418. The lowest BCUT2D eigenvalue weighted by Crippen LogP contribution is -2.40. The van der Waals surface area contributed by atoms with Crippen molar-refractivity contribution >= 4 is 11.6 Å². The zero-order valence-corrected chi connectivity index (χ0v) is 12.0. The first-order chi connectivity index (χ1) is 9.69. The van der Waals surface area contributed by atoms with Gasteiger partial charge in [0.25, 0.3) is 0 Å². The maximum absolute atomic E-state index is 11.9. The number of nitrogens with one attached hydrogen (secondary N) is 2. The van der Waals surface area contributed by atoms with E-state index in [1.54, 1.807) is 0 Å². The molecule has 1 saturated carbocycles. The molecule has 0 saturated heterocycles. The number of amides is 1. The summed E-state index contributed by atoms with van der Waals surface area (Å²) in [6.45, 7) is 2.23. The van der Waals surface area contributed by atoms with Crippen LogP contribution in [-0.2, 0) is 4.79 Å². The standard InChI is InChI=1S/C16H24N2O2/c1-12(17-15(9-10-19)13-7-8-13)11-16(20)18-14-5-3-2-4-6-14/h2-6,12-13,15,17,19H,7-11H2,1H3,(H,18,20). The highest BCUT2D eigenvalue weighted by Gasteiger charge is 2.31. The van der Waals surface area contributed by atoms with Crippen LogP contribution in [0.3, 0.4) is 0 Å². The van der Waals surface area contributed by atoms with Crippen LogP contribution in [0.25, 0.3) is 0 Å². The van der Waals surface area contributed by atoms with E-state index < -0.39 is 0 Å². The normalized spacial score (nSPS) is 17.5. The number of aliphatic hydroxyl groups is 1. The summed E-state index contributed by atoms with van der Waals surface area (Å²) in [5.74, 6) is 0.705. The molecule has 1 aromatic carbocycles. The number of carbonyl (C=O) groups is 1. The van der Waals surface area contributed by atoms with Crippen molar-refractivity contribution < 1.29 is 9.90 Å². The van der Waals surface area contributed by atoms with Gasteiger partial charge in [0.05, 0.1) is 0 Å². The van der Waals surface area contributed by atoms with Crippen LogP contribution in [0.2, 0.25) is 0 Å². The van der Waals surface area contributed by atoms with Crippen LogP contribution in [0, 0.1) is 5.92 Å². The monoisotopic (exact) mass is 276 g/mol. The fourth-order valence-corrected chi connectivity index (χ4v) is 2.53. The molecule has 4 heteroatoms. The maximum Gasteiger partial charge on any atom is 0.225 e. The second kappa shape index (κ2) is 7.41. The van der Waals surface area contributed by atoms with Crippen LogP contribution in [-0.4, -0.2) is 29.7 Å². The van der Waals surface area contributed by atoms with Crippen LogP contribution in [0.5, 0.6) is 0 Å². The zero-order valence-electron chi connectivity index (χ0n) is 12.0. The van der Waals surface area contributed by atoms with Crippen LogP contribution >= 0.6 is 0 Å². The summed E-state index contributed by atoms with van der Waals surface area (Å²) >= 11 is 0. The van der Waals surface area contributed by atoms with Gasteiger partial charge in [0.2, 0.25) is 5.91 Å².